The van der Waals surface area contributed by atoms with E-state index < -0.39 is 6.10 Å². The minimum absolute atomic E-state index is 0.334. The Morgan fingerprint density at radius 3 is 2.65 bits per heavy atom. The third-order valence-electron chi connectivity index (χ3n) is 3.41. The molecule has 0 fully saturated rings. The molecule has 20 heavy (non-hydrogen) atoms. The molecule has 0 saturated carbocycles. The van der Waals surface area contributed by atoms with E-state index in [0.29, 0.717) is 12.5 Å². The largest absolute Gasteiger partial charge is 0.496 e. The first-order chi connectivity index (χ1) is 9.51. The van der Waals surface area contributed by atoms with Crippen LogP contribution in [0.1, 0.15) is 42.8 Å². The van der Waals surface area contributed by atoms with Crippen LogP contribution < -0.4 is 4.74 Å². The maximum absolute atomic E-state index is 10.3. The van der Waals surface area contributed by atoms with Crippen LogP contribution in [-0.2, 0) is 6.42 Å². The van der Waals surface area contributed by atoms with Gasteiger partial charge in [-0.15, -0.1) is 0 Å². The average Bonchev–Trinajstić information content (AvgIpc) is 2.88. The molecule has 0 aliphatic carbocycles. The van der Waals surface area contributed by atoms with Crippen molar-refractivity contribution in [1.82, 2.24) is 9.78 Å². The molecule has 1 heterocycles. The van der Waals surface area contributed by atoms with Crippen molar-refractivity contribution in [2.45, 2.75) is 39.3 Å². The highest BCUT2D eigenvalue weighted by molar-refractivity contribution is 5.37. The standard InChI is InChI=1S/C16H22N2O2/c1-11(2)18-8-7-14(17-18)10-15(19)13-6-5-12(3)16(9-13)20-4/h5-9,11,15,19H,10H2,1-4H3. The molecule has 1 aromatic carbocycles. The van der Waals surface area contributed by atoms with E-state index in [1.54, 1.807) is 7.11 Å². The lowest BCUT2D eigenvalue weighted by molar-refractivity contribution is 0.176. The highest BCUT2D eigenvalue weighted by Gasteiger charge is 2.13. The third kappa shape index (κ3) is 3.20. The van der Waals surface area contributed by atoms with E-state index in [0.717, 1.165) is 22.6 Å². The fourth-order valence-electron chi connectivity index (χ4n) is 2.13. The molecule has 0 radical (unpaired) electrons. The van der Waals surface area contributed by atoms with Gasteiger partial charge in [-0.1, -0.05) is 12.1 Å². The minimum atomic E-state index is -0.569. The van der Waals surface area contributed by atoms with Gasteiger partial charge in [-0.2, -0.15) is 5.10 Å². The van der Waals surface area contributed by atoms with E-state index in [2.05, 4.69) is 18.9 Å². The number of aromatic nitrogens is 2. The van der Waals surface area contributed by atoms with E-state index in [-0.39, 0.29) is 0 Å². The number of aliphatic hydroxyl groups is 1. The maximum Gasteiger partial charge on any atom is 0.122 e. The fraction of sp³-hybridized carbons (Fsp3) is 0.438. The Labute approximate surface area is 120 Å². The van der Waals surface area contributed by atoms with E-state index in [4.69, 9.17) is 4.74 Å². The average molecular weight is 274 g/mol. The fourth-order valence-corrected chi connectivity index (χ4v) is 2.13. The zero-order chi connectivity index (χ0) is 14.7. The molecule has 0 amide bonds. The summed E-state index contributed by atoms with van der Waals surface area (Å²) in [5, 5.41) is 14.8. The number of aliphatic hydroxyl groups excluding tert-OH is 1. The van der Waals surface area contributed by atoms with Gasteiger partial charge in [0.15, 0.2) is 0 Å². The molecule has 4 heteroatoms. The summed E-state index contributed by atoms with van der Waals surface area (Å²) >= 11 is 0. The number of benzene rings is 1. The van der Waals surface area contributed by atoms with Crippen LogP contribution in [0.25, 0.3) is 0 Å². The second kappa shape index (κ2) is 6.09. The molecule has 2 aromatic rings. The molecule has 2 rings (SSSR count). The van der Waals surface area contributed by atoms with Gasteiger partial charge in [-0.05, 0) is 44.0 Å². The highest BCUT2D eigenvalue weighted by atomic mass is 16.5. The monoisotopic (exact) mass is 274 g/mol. The molecule has 0 aliphatic heterocycles. The number of nitrogens with zero attached hydrogens (tertiary/aromatic N) is 2. The van der Waals surface area contributed by atoms with Gasteiger partial charge in [0, 0.05) is 18.7 Å². The molecule has 0 saturated heterocycles. The summed E-state index contributed by atoms with van der Waals surface area (Å²) in [6, 6.07) is 8.07. The van der Waals surface area contributed by atoms with Crippen LogP contribution in [0.15, 0.2) is 30.5 Å². The van der Waals surface area contributed by atoms with Gasteiger partial charge >= 0.3 is 0 Å². The first-order valence-corrected chi connectivity index (χ1v) is 6.88. The van der Waals surface area contributed by atoms with E-state index in [1.165, 1.54) is 0 Å². The summed E-state index contributed by atoms with van der Waals surface area (Å²) in [5.74, 6) is 0.800. The van der Waals surface area contributed by atoms with Crippen molar-refractivity contribution in [2.24, 2.45) is 0 Å². The summed E-state index contributed by atoms with van der Waals surface area (Å²) in [7, 11) is 1.64. The van der Waals surface area contributed by atoms with Gasteiger partial charge in [-0.3, -0.25) is 4.68 Å². The molecule has 0 bridgehead atoms. The zero-order valence-corrected chi connectivity index (χ0v) is 12.5. The Hall–Kier alpha value is -1.81. The number of hydrogen-bond donors (Lipinski definition) is 1. The molecular formula is C16H22N2O2. The predicted octanol–water partition coefficient (Wildman–Crippen LogP) is 3.06. The van der Waals surface area contributed by atoms with Crippen molar-refractivity contribution in [1.29, 1.82) is 0 Å². The van der Waals surface area contributed by atoms with E-state index >= 15 is 0 Å². The molecule has 0 spiro atoms. The van der Waals surface area contributed by atoms with Crippen molar-refractivity contribution in [3.63, 3.8) is 0 Å². The number of methoxy groups -OCH3 is 1. The second-order valence-corrected chi connectivity index (χ2v) is 5.33. The molecule has 1 N–H and O–H groups in total. The van der Waals surface area contributed by atoms with Crippen LogP contribution in [0.3, 0.4) is 0 Å². The van der Waals surface area contributed by atoms with Gasteiger partial charge < -0.3 is 9.84 Å². The van der Waals surface area contributed by atoms with Gasteiger partial charge in [0.2, 0.25) is 0 Å². The quantitative estimate of drug-likeness (QED) is 0.911. The van der Waals surface area contributed by atoms with Gasteiger partial charge in [-0.25, -0.2) is 0 Å². The van der Waals surface area contributed by atoms with Gasteiger partial charge in [0.25, 0.3) is 0 Å². The lowest BCUT2D eigenvalue weighted by Crippen LogP contribution is -2.06. The molecule has 1 atom stereocenters. The first kappa shape index (κ1) is 14.6. The molecular weight excluding hydrogens is 252 g/mol. The van der Waals surface area contributed by atoms with Crippen molar-refractivity contribution in [3.8, 4) is 5.75 Å². The second-order valence-electron chi connectivity index (χ2n) is 5.33. The Kier molecular flexibility index (Phi) is 4.45. The number of aryl methyl sites for hydroxylation is 1. The van der Waals surface area contributed by atoms with Crippen molar-refractivity contribution in [2.75, 3.05) is 7.11 Å². The minimum Gasteiger partial charge on any atom is -0.496 e. The van der Waals surface area contributed by atoms with Crippen molar-refractivity contribution < 1.29 is 9.84 Å². The van der Waals surface area contributed by atoms with Crippen molar-refractivity contribution >= 4 is 0 Å². The van der Waals surface area contributed by atoms with E-state index in [1.807, 2.05) is 42.1 Å². The molecule has 4 nitrogen and oxygen atoms in total. The van der Waals surface area contributed by atoms with Crippen LogP contribution in [-0.4, -0.2) is 22.0 Å². The SMILES string of the molecule is COc1cc(C(O)Cc2ccn(C(C)C)n2)ccc1C. The summed E-state index contributed by atoms with van der Waals surface area (Å²) in [6.45, 7) is 6.15. The van der Waals surface area contributed by atoms with Crippen LogP contribution in [0, 0.1) is 6.92 Å². The molecule has 108 valence electrons. The summed E-state index contributed by atoms with van der Waals surface area (Å²) in [6.07, 6.45) is 1.88. The Morgan fingerprint density at radius 2 is 2.05 bits per heavy atom. The zero-order valence-electron chi connectivity index (χ0n) is 12.5. The predicted molar refractivity (Wildman–Crippen MR) is 79.0 cm³/mol. The Morgan fingerprint density at radius 1 is 1.30 bits per heavy atom. The maximum atomic E-state index is 10.3. The summed E-state index contributed by atoms with van der Waals surface area (Å²) < 4.78 is 7.19. The Bertz CT molecular complexity index is 576. The summed E-state index contributed by atoms with van der Waals surface area (Å²) in [5.41, 5.74) is 2.81. The first-order valence-electron chi connectivity index (χ1n) is 6.88. The summed E-state index contributed by atoms with van der Waals surface area (Å²) in [4.78, 5) is 0. The molecule has 1 aromatic heterocycles. The Balaban J connectivity index is 2.12. The normalized spacial score (nSPS) is 12.7. The lowest BCUT2D eigenvalue weighted by Gasteiger charge is -2.12. The van der Waals surface area contributed by atoms with Crippen LogP contribution in [0.5, 0.6) is 5.75 Å². The van der Waals surface area contributed by atoms with Crippen LogP contribution in [0.4, 0.5) is 0 Å². The third-order valence-corrected chi connectivity index (χ3v) is 3.41. The molecule has 1 unspecified atom stereocenters. The van der Waals surface area contributed by atoms with Crippen molar-refractivity contribution in [3.05, 3.63) is 47.3 Å². The van der Waals surface area contributed by atoms with Gasteiger partial charge in [0.05, 0.1) is 18.9 Å². The number of hydrogen-bond acceptors (Lipinski definition) is 3. The number of rotatable bonds is 5. The topological polar surface area (TPSA) is 47.3 Å². The van der Waals surface area contributed by atoms with E-state index in [9.17, 15) is 5.11 Å². The molecule has 0 aliphatic rings. The smallest absolute Gasteiger partial charge is 0.122 e. The van der Waals surface area contributed by atoms with Crippen LogP contribution in [0.2, 0.25) is 0 Å². The highest BCUT2D eigenvalue weighted by Crippen LogP contribution is 2.25. The lowest BCUT2D eigenvalue weighted by atomic mass is 10.0. The number of ether oxygens (including phenoxy) is 1. The van der Waals surface area contributed by atoms with Crippen LogP contribution >= 0.6 is 0 Å². The van der Waals surface area contributed by atoms with Gasteiger partial charge in [0.1, 0.15) is 5.75 Å².